The number of rotatable bonds is 3. The topological polar surface area (TPSA) is 58.1 Å². The molecule has 4 nitrogen and oxygen atoms in total. The van der Waals surface area contributed by atoms with Crippen molar-refractivity contribution in [1.82, 2.24) is 10.2 Å². The first-order chi connectivity index (χ1) is 6.38. The molecule has 2 rings (SSSR count). The second-order valence-electron chi connectivity index (χ2n) is 3.48. The number of hydrogen-bond acceptors (Lipinski definition) is 3. The third-order valence-corrected chi connectivity index (χ3v) is 2.38. The minimum atomic E-state index is 0.0359. The highest BCUT2D eigenvalue weighted by Gasteiger charge is 2.17. The smallest absolute Gasteiger partial charge is 0.0847 e. The third kappa shape index (κ3) is 2.08. The molecule has 1 unspecified atom stereocenters. The number of hydrogen-bond donors (Lipinski definition) is 2. The van der Waals surface area contributed by atoms with Crippen LogP contribution in [-0.2, 0) is 17.8 Å². The minimum Gasteiger partial charge on any atom is -0.390 e. The molecule has 2 heterocycles. The Kier molecular flexibility index (Phi) is 2.61. The molecule has 0 bridgehead atoms. The van der Waals surface area contributed by atoms with Gasteiger partial charge in [-0.3, -0.25) is 5.10 Å². The Morgan fingerprint density at radius 3 is 3.23 bits per heavy atom. The molecule has 0 aromatic carbocycles. The maximum Gasteiger partial charge on any atom is 0.0847 e. The molecule has 13 heavy (non-hydrogen) atoms. The first-order valence-electron chi connectivity index (χ1n) is 4.60. The maximum atomic E-state index is 8.82. The van der Waals surface area contributed by atoms with Crippen LogP contribution in [0.1, 0.15) is 17.8 Å². The van der Waals surface area contributed by atoms with E-state index < -0.39 is 0 Å². The molecule has 1 aliphatic rings. The van der Waals surface area contributed by atoms with E-state index in [0.717, 1.165) is 37.4 Å². The Hall–Kier alpha value is -0.870. The number of H-pyrrole nitrogens is 1. The number of nitrogens with one attached hydrogen (secondary N) is 1. The molecule has 2 N–H and O–H groups in total. The summed E-state index contributed by atoms with van der Waals surface area (Å²) in [7, 11) is 0. The predicted octanol–water partition coefficient (Wildman–Crippen LogP) is 0.481. The Labute approximate surface area is 76.9 Å². The average Bonchev–Trinajstić information content (AvgIpc) is 2.76. The summed E-state index contributed by atoms with van der Waals surface area (Å²) in [5, 5.41) is 15.7. The van der Waals surface area contributed by atoms with Gasteiger partial charge in [-0.15, -0.1) is 0 Å². The summed E-state index contributed by atoms with van der Waals surface area (Å²) in [4.78, 5) is 0. The van der Waals surface area contributed by atoms with Gasteiger partial charge in [0.05, 0.1) is 18.0 Å². The summed E-state index contributed by atoms with van der Waals surface area (Å²) in [5.74, 6) is 0.606. The number of aromatic amines is 1. The van der Waals surface area contributed by atoms with E-state index in [-0.39, 0.29) is 6.61 Å². The first-order valence-corrected chi connectivity index (χ1v) is 4.60. The zero-order chi connectivity index (χ0) is 9.10. The van der Waals surface area contributed by atoms with Crippen LogP contribution < -0.4 is 0 Å². The van der Waals surface area contributed by atoms with Gasteiger partial charge in [0.25, 0.3) is 0 Å². The van der Waals surface area contributed by atoms with E-state index in [1.807, 2.05) is 6.07 Å². The van der Waals surface area contributed by atoms with Crippen molar-refractivity contribution in [1.29, 1.82) is 0 Å². The van der Waals surface area contributed by atoms with Crippen molar-refractivity contribution in [3.63, 3.8) is 0 Å². The normalized spacial score (nSPS) is 22.4. The van der Waals surface area contributed by atoms with Gasteiger partial charge in [-0.25, -0.2) is 0 Å². The van der Waals surface area contributed by atoms with Crippen molar-refractivity contribution in [3.05, 3.63) is 17.5 Å². The van der Waals surface area contributed by atoms with E-state index in [2.05, 4.69) is 10.2 Å². The third-order valence-electron chi connectivity index (χ3n) is 2.38. The van der Waals surface area contributed by atoms with Crippen molar-refractivity contribution >= 4 is 0 Å². The second kappa shape index (κ2) is 3.89. The van der Waals surface area contributed by atoms with Crippen LogP contribution in [0.25, 0.3) is 0 Å². The first kappa shape index (κ1) is 8.72. The van der Waals surface area contributed by atoms with Gasteiger partial charge in [0.1, 0.15) is 0 Å². The molecule has 1 aliphatic heterocycles. The van der Waals surface area contributed by atoms with Crippen LogP contribution in [-0.4, -0.2) is 28.5 Å². The molecule has 1 saturated heterocycles. The molecule has 1 atom stereocenters. The fraction of sp³-hybridized carbons (Fsp3) is 0.667. The van der Waals surface area contributed by atoms with E-state index >= 15 is 0 Å². The molecule has 72 valence electrons. The van der Waals surface area contributed by atoms with Crippen LogP contribution in [0.3, 0.4) is 0 Å². The molecule has 1 fully saturated rings. The number of ether oxygens (including phenoxy) is 1. The average molecular weight is 182 g/mol. The van der Waals surface area contributed by atoms with Crippen LogP contribution in [0.15, 0.2) is 6.07 Å². The van der Waals surface area contributed by atoms with Crippen LogP contribution in [0.4, 0.5) is 0 Å². The van der Waals surface area contributed by atoms with E-state index in [1.165, 1.54) is 0 Å². The fourth-order valence-electron chi connectivity index (χ4n) is 1.63. The van der Waals surface area contributed by atoms with Crippen molar-refractivity contribution in [3.8, 4) is 0 Å². The summed E-state index contributed by atoms with van der Waals surface area (Å²) in [6.45, 7) is 1.76. The molecule has 4 heteroatoms. The minimum absolute atomic E-state index is 0.0359. The molecule has 0 amide bonds. The van der Waals surface area contributed by atoms with E-state index in [9.17, 15) is 0 Å². The molecule has 0 aliphatic carbocycles. The number of nitrogens with zero attached hydrogens (tertiary/aromatic N) is 1. The van der Waals surface area contributed by atoms with Gasteiger partial charge < -0.3 is 9.84 Å². The lowest BCUT2D eigenvalue weighted by molar-refractivity contribution is 0.185. The lowest BCUT2D eigenvalue weighted by Gasteiger charge is -2.02. The van der Waals surface area contributed by atoms with Gasteiger partial charge in [-0.1, -0.05) is 0 Å². The van der Waals surface area contributed by atoms with Crippen molar-refractivity contribution in [2.45, 2.75) is 19.4 Å². The van der Waals surface area contributed by atoms with Gasteiger partial charge in [0.2, 0.25) is 0 Å². The standard InChI is InChI=1S/C9H14N2O2/c12-5-9-4-8(10-11-9)3-7-1-2-13-6-7/h4,7,12H,1-3,5-6H2,(H,10,11). The Morgan fingerprint density at radius 1 is 1.69 bits per heavy atom. The van der Waals surface area contributed by atoms with Crippen LogP contribution >= 0.6 is 0 Å². The van der Waals surface area contributed by atoms with E-state index in [1.54, 1.807) is 0 Å². The summed E-state index contributed by atoms with van der Waals surface area (Å²) in [6.07, 6.45) is 2.08. The van der Waals surface area contributed by atoms with Gasteiger partial charge in [0, 0.05) is 13.2 Å². The lowest BCUT2D eigenvalue weighted by atomic mass is 10.0. The zero-order valence-corrected chi connectivity index (χ0v) is 7.49. The Bertz CT molecular complexity index is 266. The second-order valence-corrected chi connectivity index (χ2v) is 3.48. The monoisotopic (exact) mass is 182 g/mol. The summed E-state index contributed by atoms with van der Waals surface area (Å²) in [5.41, 5.74) is 1.81. The number of aliphatic hydroxyl groups is 1. The van der Waals surface area contributed by atoms with E-state index in [4.69, 9.17) is 9.84 Å². The Morgan fingerprint density at radius 2 is 2.62 bits per heavy atom. The van der Waals surface area contributed by atoms with Crippen LogP contribution in [0.2, 0.25) is 0 Å². The van der Waals surface area contributed by atoms with Crippen molar-refractivity contribution in [2.75, 3.05) is 13.2 Å². The SMILES string of the molecule is OCc1cc(CC2CCOC2)n[nH]1. The summed E-state index contributed by atoms with van der Waals surface area (Å²) >= 11 is 0. The number of aromatic nitrogens is 2. The Balaban J connectivity index is 1.92. The van der Waals surface area contributed by atoms with Crippen molar-refractivity contribution in [2.24, 2.45) is 5.92 Å². The molecular formula is C9H14N2O2. The van der Waals surface area contributed by atoms with Crippen LogP contribution in [0.5, 0.6) is 0 Å². The highest BCUT2D eigenvalue weighted by molar-refractivity contribution is 5.08. The highest BCUT2D eigenvalue weighted by Crippen LogP contribution is 2.17. The molecule has 1 aromatic heterocycles. The molecule has 0 saturated carbocycles. The lowest BCUT2D eigenvalue weighted by Crippen LogP contribution is -2.03. The van der Waals surface area contributed by atoms with Gasteiger partial charge in [0.15, 0.2) is 0 Å². The molecule has 1 aromatic rings. The number of aliphatic hydroxyl groups excluding tert-OH is 1. The molecule has 0 spiro atoms. The van der Waals surface area contributed by atoms with Gasteiger partial charge in [-0.2, -0.15) is 5.10 Å². The summed E-state index contributed by atoms with van der Waals surface area (Å²) < 4.78 is 5.28. The molecular weight excluding hydrogens is 168 g/mol. The predicted molar refractivity (Wildman–Crippen MR) is 47.1 cm³/mol. The maximum absolute atomic E-state index is 8.82. The van der Waals surface area contributed by atoms with Crippen molar-refractivity contribution < 1.29 is 9.84 Å². The van der Waals surface area contributed by atoms with Crippen LogP contribution in [0, 0.1) is 5.92 Å². The van der Waals surface area contributed by atoms with Gasteiger partial charge >= 0.3 is 0 Å². The molecule has 0 radical (unpaired) electrons. The zero-order valence-electron chi connectivity index (χ0n) is 7.49. The quantitative estimate of drug-likeness (QED) is 0.715. The summed E-state index contributed by atoms with van der Waals surface area (Å²) in [6, 6.07) is 1.92. The van der Waals surface area contributed by atoms with Gasteiger partial charge in [-0.05, 0) is 24.8 Å². The highest BCUT2D eigenvalue weighted by atomic mass is 16.5. The largest absolute Gasteiger partial charge is 0.390 e. The van der Waals surface area contributed by atoms with E-state index in [0.29, 0.717) is 5.92 Å². The fourth-order valence-corrected chi connectivity index (χ4v) is 1.63.